The molecule has 112 valence electrons. The highest BCUT2D eigenvalue weighted by molar-refractivity contribution is 7.99. The van der Waals surface area contributed by atoms with E-state index in [9.17, 15) is 0 Å². The monoisotopic (exact) mass is 328 g/mol. The maximum Gasteiger partial charge on any atom is 0.186 e. The Balaban J connectivity index is 1.85. The van der Waals surface area contributed by atoms with Crippen molar-refractivity contribution in [1.82, 2.24) is 10.7 Å². The van der Waals surface area contributed by atoms with Crippen molar-refractivity contribution in [2.75, 3.05) is 12.4 Å². The fourth-order valence-electron chi connectivity index (χ4n) is 2.12. The predicted molar refractivity (Wildman–Crippen MR) is 97.3 cm³/mol. The summed E-state index contributed by atoms with van der Waals surface area (Å²) in [4.78, 5) is 2.46. The lowest BCUT2D eigenvalue weighted by molar-refractivity contribution is 0.974. The highest BCUT2D eigenvalue weighted by Crippen LogP contribution is 2.44. The van der Waals surface area contributed by atoms with Crippen molar-refractivity contribution in [1.29, 1.82) is 0 Å². The molecule has 3 rings (SSSR count). The van der Waals surface area contributed by atoms with Crippen molar-refractivity contribution in [3.63, 3.8) is 0 Å². The number of thiocarbonyl (C=S) groups is 1. The second-order valence-corrected chi connectivity index (χ2v) is 6.31. The first-order valence-corrected chi connectivity index (χ1v) is 8.10. The van der Waals surface area contributed by atoms with Crippen molar-refractivity contribution in [2.24, 2.45) is 5.10 Å². The maximum absolute atomic E-state index is 5.02. The van der Waals surface area contributed by atoms with Crippen LogP contribution in [0.3, 0.4) is 0 Å². The van der Waals surface area contributed by atoms with Crippen LogP contribution in [-0.2, 0) is 0 Å². The normalized spacial score (nSPS) is 12.7. The number of anilines is 2. The summed E-state index contributed by atoms with van der Waals surface area (Å²) in [6.07, 6.45) is 0. The van der Waals surface area contributed by atoms with Crippen LogP contribution >= 0.6 is 24.0 Å². The Hall–Kier alpha value is -2.05. The molecule has 0 saturated carbocycles. The number of nitrogens with zero attached hydrogens (tertiary/aromatic N) is 1. The third-order valence-electron chi connectivity index (χ3n) is 3.33. The zero-order chi connectivity index (χ0) is 15.5. The van der Waals surface area contributed by atoms with Crippen LogP contribution in [0.1, 0.15) is 12.5 Å². The van der Waals surface area contributed by atoms with Crippen LogP contribution in [0.25, 0.3) is 0 Å². The first kappa shape index (κ1) is 14.9. The fraction of sp³-hybridized carbons (Fsp3) is 0.125. The average molecular weight is 328 g/mol. The van der Waals surface area contributed by atoms with Gasteiger partial charge in [0.25, 0.3) is 0 Å². The summed E-state index contributed by atoms with van der Waals surface area (Å²) in [5, 5.41) is 11.1. The van der Waals surface area contributed by atoms with E-state index in [0.717, 1.165) is 22.6 Å². The lowest BCUT2D eigenvalue weighted by Crippen LogP contribution is -2.29. The second kappa shape index (κ2) is 6.37. The van der Waals surface area contributed by atoms with Gasteiger partial charge < -0.3 is 10.6 Å². The highest BCUT2D eigenvalue weighted by atomic mass is 32.2. The molecule has 0 fully saturated rings. The summed E-state index contributed by atoms with van der Waals surface area (Å²) in [5.74, 6) is 0. The van der Waals surface area contributed by atoms with Gasteiger partial charge in [0.2, 0.25) is 0 Å². The van der Waals surface area contributed by atoms with Gasteiger partial charge in [-0.3, -0.25) is 5.43 Å². The summed E-state index contributed by atoms with van der Waals surface area (Å²) in [7, 11) is 1.76. The molecule has 0 spiro atoms. The quantitative estimate of drug-likeness (QED) is 0.380. The molecule has 0 saturated heterocycles. The molecule has 2 aromatic carbocycles. The molecule has 6 heteroatoms. The van der Waals surface area contributed by atoms with Crippen LogP contribution in [-0.4, -0.2) is 17.9 Å². The van der Waals surface area contributed by atoms with Gasteiger partial charge in [-0.15, -0.1) is 0 Å². The molecule has 0 atom stereocenters. The summed E-state index contributed by atoms with van der Waals surface area (Å²) < 4.78 is 0. The molecule has 3 N–H and O–H groups in total. The topological polar surface area (TPSA) is 48.5 Å². The van der Waals surface area contributed by atoms with Gasteiger partial charge in [0, 0.05) is 16.8 Å². The van der Waals surface area contributed by atoms with E-state index < -0.39 is 0 Å². The largest absolute Gasteiger partial charge is 0.364 e. The van der Waals surface area contributed by atoms with Gasteiger partial charge in [0.15, 0.2) is 5.11 Å². The van der Waals surface area contributed by atoms with E-state index in [1.54, 1.807) is 18.8 Å². The molecular formula is C16H16N4S2. The van der Waals surface area contributed by atoms with Crippen LogP contribution in [0.4, 0.5) is 11.4 Å². The zero-order valence-electron chi connectivity index (χ0n) is 12.3. The highest BCUT2D eigenvalue weighted by Gasteiger charge is 2.15. The Bertz CT molecular complexity index is 756. The van der Waals surface area contributed by atoms with Gasteiger partial charge in [0.05, 0.1) is 17.1 Å². The molecule has 0 bridgehead atoms. The number of hydrazone groups is 1. The van der Waals surface area contributed by atoms with Crippen LogP contribution in [0.5, 0.6) is 0 Å². The number of rotatable bonds is 2. The van der Waals surface area contributed by atoms with Gasteiger partial charge in [-0.25, -0.2) is 0 Å². The number of fused-ring (bicyclic) bond motifs is 2. The minimum absolute atomic E-state index is 0.500. The third kappa shape index (κ3) is 3.08. The van der Waals surface area contributed by atoms with Crippen LogP contribution < -0.4 is 16.1 Å². The van der Waals surface area contributed by atoms with Gasteiger partial charge in [-0.2, -0.15) is 5.10 Å². The predicted octanol–water partition coefficient (Wildman–Crippen LogP) is 3.71. The van der Waals surface area contributed by atoms with E-state index in [2.05, 4.69) is 57.6 Å². The zero-order valence-corrected chi connectivity index (χ0v) is 13.9. The molecule has 0 radical (unpaired) electrons. The standard InChI is InChI=1S/C16H16N4S2/c1-10(19-20-16(21)17-2)11-7-8-15-13(9-11)18-12-5-3-4-6-14(12)22-15/h3-9,18H,1-2H3,(H2,17,20,21). The van der Waals surface area contributed by atoms with E-state index in [1.165, 1.54) is 9.79 Å². The molecule has 1 aliphatic heterocycles. The number of hydrogen-bond donors (Lipinski definition) is 3. The lowest BCUT2D eigenvalue weighted by atomic mass is 10.1. The SMILES string of the molecule is CNC(=S)NN=C(C)c1ccc2c(c1)Nc1ccccc1S2. The van der Waals surface area contributed by atoms with Gasteiger partial charge >= 0.3 is 0 Å². The van der Waals surface area contributed by atoms with Crippen molar-refractivity contribution in [3.8, 4) is 0 Å². The second-order valence-electron chi connectivity index (χ2n) is 4.82. The molecule has 4 nitrogen and oxygen atoms in total. The molecule has 1 aliphatic rings. The van der Waals surface area contributed by atoms with Gasteiger partial charge in [-0.1, -0.05) is 30.0 Å². The van der Waals surface area contributed by atoms with Crippen LogP contribution in [0.15, 0.2) is 57.4 Å². The Morgan fingerprint density at radius 2 is 1.91 bits per heavy atom. The molecule has 1 heterocycles. The lowest BCUT2D eigenvalue weighted by Gasteiger charge is -2.21. The fourth-order valence-corrected chi connectivity index (χ4v) is 3.13. The molecule has 2 aromatic rings. The van der Waals surface area contributed by atoms with E-state index in [1.807, 2.05) is 13.0 Å². The summed E-state index contributed by atoms with van der Waals surface area (Å²) in [5.41, 5.74) is 6.99. The van der Waals surface area contributed by atoms with Crippen molar-refractivity contribution < 1.29 is 0 Å². The van der Waals surface area contributed by atoms with Crippen LogP contribution in [0.2, 0.25) is 0 Å². The number of benzene rings is 2. The Kier molecular flexibility index (Phi) is 4.31. The van der Waals surface area contributed by atoms with E-state index in [4.69, 9.17) is 12.2 Å². The van der Waals surface area contributed by atoms with E-state index in [-0.39, 0.29) is 0 Å². The Morgan fingerprint density at radius 1 is 1.14 bits per heavy atom. The molecule has 0 amide bonds. The first-order chi connectivity index (χ1) is 10.7. The third-order valence-corrected chi connectivity index (χ3v) is 4.77. The van der Waals surface area contributed by atoms with Crippen molar-refractivity contribution in [2.45, 2.75) is 16.7 Å². The first-order valence-electron chi connectivity index (χ1n) is 6.87. The Labute approximate surface area is 139 Å². The molecule has 0 unspecified atom stereocenters. The van der Waals surface area contributed by atoms with Gasteiger partial charge in [0.1, 0.15) is 0 Å². The maximum atomic E-state index is 5.02. The summed E-state index contributed by atoms with van der Waals surface area (Å²) in [6, 6.07) is 14.6. The molecule has 0 aliphatic carbocycles. The van der Waals surface area contributed by atoms with Crippen molar-refractivity contribution in [3.05, 3.63) is 48.0 Å². The smallest absolute Gasteiger partial charge is 0.186 e. The van der Waals surface area contributed by atoms with Crippen LogP contribution in [0, 0.1) is 0 Å². The average Bonchev–Trinajstić information content (AvgIpc) is 2.56. The minimum atomic E-state index is 0.500. The minimum Gasteiger partial charge on any atom is -0.364 e. The van der Waals surface area contributed by atoms with E-state index >= 15 is 0 Å². The molecular weight excluding hydrogens is 312 g/mol. The van der Waals surface area contributed by atoms with Gasteiger partial charge in [-0.05, 0) is 49.0 Å². The number of para-hydroxylation sites is 1. The summed E-state index contributed by atoms with van der Waals surface area (Å²) >= 11 is 6.80. The summed E-state index contributed by atoms with van der Waals surface area (Å²) in [6.45, 7) is 1.96. The number of nitrogens with one attached hydrogen (secondary N) is 3. The molecule has 22 heavy (non-hydrogen) atoms. The Morgan fingerprint density at radius 3 is 2.73 bits per heavy atom. The number of hydrogen-bond acceptors (Lipinski definition) is 4. The molecule has 0 aromatic heterocycles. The van der Waals surface area contributed by atoms with E-state index in [0.29, 0.717) is 5.11 Å². The van der Waals surface area contributed by atoms with Crippen molar-refractivity contribution >= 4 is 46.2 Å².